The van der Waals surface area contributed by atoms with Crippen molar-refractivity contribution >= 4 is 15.8 Å². The van der Waals surface area contributed by atoms with Crippen LogP contribution in [0.15, 0.2) is 23.2 Å². The van der Waals surface area contributed by atoms with Crippen LogP contribution < -0.4 is 10.0 Å². The summed E-state index contributed by atoms with van der Waals surface area (Å²) in [5.74, 6) is 0.627. The van der Waals surface area contributed by atoms with Gasteiger partial charge in [0.25, 0.3) is 0 Å². The molecule has 0 amide bonds. The Kier molecular flexibility index (Phi) is 5.10. The van der Waals surface area contributed by atoms with Gasteiger partial charge in [0.2, 0.25) is 10.0 Å². The van der Waals surface area contributed by atoms with Crippen molar-refractivity contribution in [1.29, 1.82) is 0 Å². The summed E-state index contributed by atoms with van der Waals surface area (Å²) in [7, 11) is -3.53. The maximum Gasteiger partial charge on any atom is 0.244 e. The molecule has 1 rings (SSSR count). The van der Waals surface area contributed by atoms with Crippen LogP contribution in [-0.2, 0) is 10.0 Å². The van der Waals surface area contributed by atoms with Crippen molar-refractivity contribution in [2.24, 2.45) is 5.92 Å². The maximum absolute atomic E-state index is 12.3. The first kappa shape index (κ1) is 14.9. The third-order valence-corrected chi connectivity index (χ3v) is 4.34. The van der Waals surface area contributed by atoms with E-state index in [1.54, 1.807) is 18.3 Å². The Labute approximate surface area is 109 Å². The smallest absolute Gasteiger partial charge is 0.244 e. The van der Waals surface area contributed by atoms with Crippen LogP contribution in [0, 0.1) is 5.92 Å². The van der Waals surface area contributed by atoms with Gasteiger partial charge in [-0.3, -0.25) is 0 Å². The summed E-state index contributed by atoms with van der Waals surface area (Å²) in [6.45, 7) is 8.32. The van der Waals surface area contributed by atoms with Crippen LogP contribution in [0.4, 0.5) is 5.82 Å². The van der Waals surface area contributed by atoms with E-state index in [2.05, 4.69) is 15.0 Å². The Hall–Kier alpha value is -1.14. The van der Waals surface area contributed by atoms with Crippen molar-refractivity contribution in [2.75, 3.05) is 11.9 Å². The largest absolute Gasteiger partial charge is 0.369 e. The van der Waals surface area contributed by atoms with Crippen molar-refractivity contribution in [1.82, 2.24) is 9.71 Å². The van der Waals surface area contributed by atoms with Crippen LogP contribution in [-0.4, -0.2) is 26.0 Å². The standard InChI is InChI=1S/C12H21N3O2S/c1-5-13-12-11(7-6-8-14-12)18(16,17)15-10(4)9(2)3/h6-10,15H,5H2,1-4H3,(H,13,14). The molecule has 0 fully saturated rings. The summed E-state index contributed by atoms with van der Waals surface area (Å²) < 4.78 is 27.2. The van der Waals surface area contributed by atoms with Crippen molar-refractivity contribution in [3.63, 3.8) is 0 Å². The van der Waals surface area contributed by atoms with E-state index in [1.807, 2.05) is 27.7 Å². The summed E-state index contributed by atoms with van der Waals surface area (Å²) in [5.41, 5.74) is 0. The average Bonchev–Trinajstić information content (AvgIpc) is 2.29. The fraction of sp³-hybridized carbons (Fsp3) is 0.583. The number of sulfonamides is 1. The van der Waals surface area contributed by atoms with Gasteiger partial charge in [0.1, 0.15) is 10.7 Å². The molecule has 6 heteroatoms. The van der Waals surface area contributed by atoms with Gasteiger partial charge < -0.3 is 5.32 Å². The van der Waals surface area contributed by atoms with Gasteiger partial charge in [-0.1, -0.05) is 13.8 Å². The van der Waals surface area contributed by atoms with Crippen LogP contribution in [0.2, 0.25) is 0 Å². The first-order chi connectivity index (χ1) is 8.38. The maximum atomic E-state index is 12.3. The molecule has 5 nitrogen and oxygen atoms in total. The zero-order valence-electron chi connectivity index (χ0n) is 11.3. The molecule has 0 aliphatic rings. The molecule has 0 radical (unpaired) electrons. The Balaban J connectivity index is 3.05. The average molecular weight is 271 g/mol. The molecule has 2 N–H and O–H groups in total. The fourth-order valence-corrected chi connectivity index (χ4v) is 2.88. The lowest BCUT2D eigenvalue weighted by Gasteiger charge is -2.18. The number of rotatable bonds is 6. The number of hydrogen-bond acceptors (Lipinski definition) is 4. The van der Waals surface area contributed by atoms with Crippen LogP contribution in [0.1, 0.15) is 27.7 Å². The normalized spacial score (nSPS) is 13.6. The van der Waals surface area contributed by atoms with E-state index in [0.717, 1.165) is 0 Å². The third-order valence-electron chi connectivity index (χ3n) is 2.75. The highest BCUT2D eigenvalue weighted by molar-refractivity contribution is 7.89. The number of hydrogen-bond donors (Lipinski definition) is 2. The van der Waals surface area contributed by atoms with Gasteiger partial charge in [-0.05, 0) is 31.9 Å². The van der Waals surface area contributed by atoms with Crippen molar-refractivity contribution in [3.05, 3.63) is 18.3 Å². The quantitative estimate of drug-likeness (QED) is 0.828. The van der Waals surface area contributed by atoms with Crippen LogP contribution in [0.3, 0.4) is 0 Å². The highest BCUT2D eigenvalue weighted by Gasteiger charge is 2.22. The lowest BCUT2D eigenvalue weighted by molar-refractivity contribution is 0.476. The molecule has 0 aliphatic carbocycles. The molecule has 102 valence electrons. The van der Waals surface area contributed by atoms with Crippen molar-refractivity contribution in [2.45, 2.75) is 38.6 Å². The Morgan fingerprint density at radius 2 is 2.00 bits per heavy atom. The van der Waals surface area contributed by atoms with Gasteiger partial charge in [-0.2, -0.15) is 0 Å². The first-order valence-corrected chi connectivity index (χ1v) is 7.58. The second-order valence-electron chi connectivity index (χ2n) is 4.53. The van der Waals surface area contributed by atoms with E-state index < -0.39 is 10.0 Å². The Morgan fingerprint density at radius 3 is 2.56 bits per heavy atom. The summed E-state index contributed by atoms with van der Waals surface area (Å²) in [6.07, 6.45) is 1.57. The molecular weight excluding hydrogens is 250 g/mol. The van der Waals surface area contributed by atoms with Crippen LogP contribution in [0.5, 0.6) is 0 Å². The lowest BCUT2D eigenvalue weighted by atomic mass is 10.1. The third kappa shape index (κ3) is 3.68. The van der Waals surface area contributed by atoms with Gasteiger partial charge in [-0.25, -0.2) is 18.1 Å². The lowest BCUT2D eigenvalue weighted by Crippen LogP contribution is -2.36. The van der Waals surface area contributed by atoms with Gasteiger partial charge in [0.05, 0.1) is 0 Å². The molecule has 1 heterocycles. The van der Waals surface area contributed by atoms with Crippen molar-refractivity contribution < 1.29 is 8.42 Å². The number of aromatic nitrogens is 1. The van der Waals surface area contributed by atoms with Gasteiger partial charge in [-0.15, -0.1) is 0 Å². The second kappa shape index (κ2) is 6.15. The molecule has 0 saturated heterocycles. The SMILES string of the molecule is CCNc1ncccc1S(=O)(=O)NC(C)C(C)C. The first-order valence-electron chi connectivity index (χ1n) is 6.09. The molecule has 0 bridgehead atoms. The minimum Gasteiger partial charge on any atom is -0.369 e. The molecule has 1 atom stereocenters. The Bertz CT molecular complexity index is 486. The number of pyridine rings is 1. The summed E-state index contributed by atoms with van der Waals surface area (Å²) in [4.78, 5) is 4.25. The van der Waals surface area contributed by atoms with Crippen LogP contribution >= 0.6 is 0 Å². The molecule has 0 saturated carbocycles. The van der Waals surface area contributed by atoms with Crippen molar-refractivity contribution in [3.8, 4) is 0 Å². The zero-order valence-corrected chi connectivity index (χ0v) is 12.1. The number of nitrogens with zero attached hydrogens (tertiary/aromatic N) is 1. The molecule has 0 spiro atoms. The molecular formula is C12H21N3O2S. The predicted molar refractivity (Wildman–Crippen MR) is 73.0 cm³/mol. The minimum absolute atomic E-state index is 0.121. The molecule has 0 aromatic carbocycles. The molecule has 1 aromatic rings. The van der Waals surface area contributed by atoms with Gasteiger partial charge >= 0.3 is 0 Å². The van der Waals surface area contributed by atoms with Crippen LogP contribution in [0.25, 0.3) is 0 Å². The molecule has 0 aliphatic heterocycles. The topological polar surface area (TPSA) is 71.1 Å². The van der Waals surface area contributed by atoms with E-state index in [0.29, 0.717) is 12.4 Å². The second-order valence-corrected chi connectivity index (χ2v) is 6.22. The summed E-state index contributed by atoms with van der Waals surface area (Å²) in [6, 6.07) is 3.06. The van der Waals surface area contributed by atoms with E-state index >= 15 is 0 Å². The van der Waals surface area contributed by atoms with E-state index in [9.17, 15) is 8.42 Å². The molecule has 1 unspecified atom stereocenters. The molecule has 1 aromatic heterocycles. The van der Waals surface area contributed by atoms with E-state index in [1.165, 1.54) is 0 Å². The summed E-state index contributed by atoms with van der Waals surface area (Å²) in [5, 5.41) is 2.95. The van der Waals surface area contributed by atoms with Gasteiger partial charge in [0, 0.05) is 18.8 Å². The summed E-state index contributed by atoms with van der Waals surface area (Å²) >= 11 is 0. The van der Waals surface area contributed by atoms with Gasteiger partial charge in [0.15, 0.2) is 0 Å². The Morgan fingerprint density at radius 1 is 1.33 bits per heavy atom. The highest BCUT2D eigenvalue weighted by Crippen LogP contribution is 2.18. The monoisotopic (exact) mass is 271 g/mol. The minimum atomic E-state index is -3.53. The highest BCUT2D eigenvalue weighted by atomic mass is 32.2. The molecule has 18 heavy (non-hydrogen) atoms. The van der Waals surface area contributed by atoms with E-state index in [4.69, 9.17) is 0 Å². The number of anilines is 1. The fourth-order valence-electron chi connectivity index (χ4n) is 1.35. The van der Waals surface area contributed by atoms with E-state index in [-0.39, 0.29) is 16.9 Å². The zero-order chi connectivity index (χ0) is 13.8. The predicted octanol–water partition coefficient (Wildman–Crippen LogP) is 1.84. The number of nitrogens with one attached hydrogen (secondary N) is 2.